The van der Waals surface area contributed by atoms with Gasteiger partial charge in [0.25, 0.3) is 0 Å². The summed E-state index contributed by atoms with van der Waals surface area (Å²) in [6, 6.07) is 1.73. The molecule has 0 saturated carbocycles. The van der Waals surface area contributed by atoms with Crippen LogP contribution in [0.25, 0.3) is 0 Å². The Balaban J connectivity index is 2.64. The molecule has 0 heterocycles. The summed E-state index contributed by atoms with van der Waals surface area (Å²) < 4.78 is 5.85. The lowest BCUT2D eigenvalue weighted by Gasteiger charge is -2.25. The van der Waals surface area contributed by atoms with Crippen molar-refractivity contribution in [3.63, 3.8) is 0 Å². The molecule has 2 rings (SSSR count). The predicted molar refractivity (Wildman–Crippen MR) is 85.9 cm³/mol. The van der Waals surface area contributed by atoms with Crippen molar-refractivity contribution in [3.05, 3.63) is 34.4 Å². The quantitative estimate of drug-likeness (QED) is 0.809. The van der Waals surface area contributed by atoms with E-state index >= 15 is 0 Å². The van der Waals surface area contributed by atoms with Crippen molar-refractivity contribution in [2.75, 3.05) is 0 Å². The van der Waals surface area contributed by atoms with Crippen LogP contribution in [0.3, 0.4) is 0 Å². The highest BCUT2D eigenvalue weighted by Crippen LogP contribution is 2.44. The van der Waals surface area contributed by atoms with Crippen molar-refractivity contribution < 1.29 is 19.7 Å². The number of allylic oxidation sites excluding steroid dienone is 2. The van der Waals surface area contributed by atoms with Crippen LogP contribution in [0.4, 0.5) is 0 Å². The SMILES string of the molecule is CC1=CC(c2c(OC(C)C)cc(C)c(C(=O)O)c2O)CCC1. The first kappa shape index (κ1) is 16.4. The molecule has 2 N–H and O–H groups in total. The van der Waals surface area contributed by atoms with Crippen molar-refractivity contribution in [2.45, 2.75) is 59.0 Å². The number of carbonyl (C=O) groups is 1. The molecule has 0 aromatic heterocycles. The standard InChI is InChI=1S/C18H24O4/c1-10(2)22-14-9-12(4)15(18(20)21)17(19)16(14)13-7-5-6-11(3)8-13/h8-10,13,19H,5-7H2,1-4H3,(H,20,21). The normalized spacial score (nSPS) is 18.2. The van der Waals surface area contributed by atoms with Crippen molar-refractivity contribution in [1.29, 1.82) is 0 Å². The Morgan fingerprint density at radius 2 is 2.05 bits per heavy atom. The first-order valence-electron chi connectivity index (χ1n) is 7.75. The molecule has 1 aromatic carbocycles. The summed E-state index contributed by atoms with van der Waals surface area (Å²) >= 11 is 0. The molecule has 120 valence electrons. The van der Waals surface area contributed by atoms with E-state index in [-0.39, 0.29) is 23.3 Å². The van der Waals surface area contributed by atoms with Crippen LogP contribution in [0.1, 0.15) is 67.4 Å². The van der Waals surface area contributed by atoms with Gasteiger partial charge in [0, 0.05) is 11.5 Å². The lowest BCUT2D eigenvalue weighted by molar-refractivity contribution is 0.0692. The zero-order valence-electron chi connectivity index (χ0n) is 13.6. The minimum Gasteiger partial charge on any atom is -0.507 e. The molecule has 1 unspecified atom stereocenters. The number of hydrogen-bond donors (Lipinski definition) is 2. The van der Waals surface area contributed by atoms with Gasteiger partial charge >= 0.3 is 5.97 Å². The highest BCUT2D eigenvalue weighted by Gasteiger charge is 2.27. The van der Waals surface area contributed by atoms with Crippen molar-refractivity contribution in [2.24, 2.45) is 0 Å². The number of ether oxygens (including phenoxy) is 1. The van der Waals surface area contributed by atoms with Gasteiger partial charge in [-0.15, -0.1) is 0 Å². The number of hydrogen-bond acceptors (Lipinski definition) is 3. The predicted octanol–water partition coefficient (Wildman–Crippen LogP) is 4.40. The van der Waals surface area contributed by atoms with Crippen LogP contribution in [-0.2, 0) is 0 Å². The van der Waals surface area contributed by atoms with Gasteiger partial charge in [0.1, 0.15) is 17.1 Å². The second-order valence-electron chi connectivity index (χ2n) is 6.31. The van der Waals surface area contributed by atoms with Gasteiger partial charge in [-0.25, -0.2) is 4.79 Å². The number of aryl methyl sites for hydroxylation is 1. The van der Waals surface area contributed by atoms with Gasteiger partial charge in [0.05, 0.1) is 6.10 Å². The Hall–Kier alpha value is -1.97. The second kappa shape index (κ2) is 6.42. The molecular formula is C18H24O4. The highest BCUT2D eigenvalue weighted by molar-refractivity contribution is 5.93. The molecule has 0 aliphatic heterocycles. The number of phenols is 1. The van der Waals surface area contributed by atoms with Crippen LogP contribution >= 0.6 is 0 Å². The maximum atomic E-state index is 11.5. The van der Waals surface area contributed by atoms with Crippen molar-refractivity contribution in [3.8, 4) is 11.5 Å². The van der Waals surface area contributed by atoms with Gasteiger partial charge in [-0.2, -0.15) is 0 Å². The molecule has 1 aromatic rings. The zero-order chi connectivity index (χ0) is 16.4. The minimum atomic E-state index is -1.11. The molecule has 0 bridgehead atoms. The lowest BCUT2D eigenvalue weighted by Crippen LogP contribution is -2.13. The average Bonchev–Trinajstić information content (AvgIpc) is 2.36. The maximum absolute atomic E-state index is 11.5. The highest BCUT2D eigenvalue weighted by atomic mass is 16.5. The van der Waals surface area contributed by atoms with Crippen LogP contribution in [-0.4, -0.2) is 22.3 Å². The van der Waals surface area contributed by atoms with Gasteiger partial charge < -0.3 is 14.9 Å². The van der Waals surface area contributed by atoms with E-state index in [0.29, 0.717) is 16.9 Å². The Kier molecular flexibility index (Phi) is 4.79. The van der Waals surface area contributed by atoms with Gasteiger partial charge in [-0.3, -0.25) is 0 Å². The summed E-state index contributed by atoms with van der Waals surface area (Å²) in [4.78, 5) is 11.5. The Morgan fingerprint density at radius 1 is 1.36 bits per heavy atom. The van der Waals surface area contributed by atoms with Crippen molar-refractivity contribution in [1.82, 2.24) is 0 Å². The molecule has 22 heavy (non-hydrogen) atoms. The second-order valence-corrected chi connectivity index (χ2v) is 6.31. The molecule has 0 fully saturated rings. The number of aromatic carboxylic acids is 1. The Bertz CT molecular complexity index is 614. The Labute approximate surface area is 131 Å². The number of carboxylic acid groups (broad SMARTS) is 1. The summed E-state index contributed by atoms with van der Waals surface area (Å²) in [6.45, 7) is 7.59. The maximum Gasteiger partial charge on any atom is 0.339 e. The Morgan fingerprint density at radius 3 is 2.59 bits per heavy atom. The summed E-state index contributed by atoms with van der Waals surface area (Å²) in [5.41, 5.74) is 2.36. The molecule has 0 radical (unpaired) electrons. The van der Waals surface area contributed by atoms with Gasteiger partial charge in [0.2, 0.25) is 0 Å². The fraction of sp³-hybridized carbons (Fsp3) is 0.500. The number of carboxylic acids is 1. The largest absolute Gasteiger partial charge is 0.507 e. The minimum absolute atomic E-state index is 0.00111. The molecular weight excluding hydrogens is 280 g/mol. The van der Waals surface area contributed by atoms with E-state index in [9.17, 15) is 15.0 Å². The van der Waals surface area contributed by atoms with E-state index in [1.165, 1.54) is 5.57 Å². The van der Waals surface area contributed by atoms with E-state index < -0.39 is 5.97 Å². The molecule has 1 aliphatic carbocycles. The van der Waals surface area contributed by atoms with Gasteiger partial charge in [-0.05, 0) is 58.6 Å². The fourth-order valence-electron chi connectivity index (χ4n) is 3.10. The third kappa shape index (κ3) is 3.26. The van der Waals surface area contributed by atoms with Crippen LogP contribution in [0, 0.1) is 6.92 Å². The first-order chi connectivity index (χ1) is 10.3. The van der Waals surface area contributed by atoms with Gasteiger partial charge in [0.15, 0.2) is 0 Å². The van der Waals surface area contributed by atoms with E-state index in [1.54, 1.807) is 13.0 Å². The summed E-state index contributed by atoms with van der Waals surface area (Å²) in [7, 11) is 0. The molecule has 4 heteroatoms. The van der Waals surface area contributed by atoms with E-state index in [4.69, 9.17) is 4.74 Å². The number of aromatic hydroxyl groups is 1. The summed E-state index contributed by atoms with van der Waals surface area (Å²) in [5, 5.41) is 20.0. The molecule has 0 spiro atoms. The molecule has 1 aliphatic rings. The van der Waals surface area contributed by atoms with Gasteiger partial charge in [-0.1, -0.05) is 11.6 Å². The summed E-state index contributed by atoms with van der Waals surface area (Å²) in [6.07, 6.45) is 5.05. The third-order valence-electron chi connectivity index (χ3n) is 4.02. The molecule has 0 amide bonds. The fourth-order valence-corrected chi connectivity index (χ4v) is 3.10. The molecule has 4 nitrogen and oxygen atoms in total. The topological polar surface area (TPSA) is 66.8 Å². The smallest absolute Gasteiger partial charge is 0.339 e. The lowest BCUT2D eigenvalue weighted by atomic mass is 9.83. The first-order valence-corrected chi connectivity index (χ1v) is 7.75. The molecule has 0 saturated heterocycles. The average molecular weight is 304 g/mol. The molecule has 1 atom stereocenters. The van der Waals surface area contributed by atoms with E-state index in [0.717, 1.165) is 19.3 Å². The van der Waals surface area contributed by atoms with E-state index in [1.807, 2.05) is 13.8 Å². The third-order valence-corrected chi connectivity index (χ3v) is 4.02. The zero-order valence-corrected chi connectivity index (χ0v) is 13.6. The van der Waals surface area contributed by atoms with Crippen LogP contribution < -0.4 is 4.74 Å². The van der Waals surface area contributed by atoms with Crippen molar-refractivity contribution >= 4 is 5.97 Å². The monoisotopic (exact) mass is 304 g/mol. The summed E-state index contributed by atoms with van der Waals surface area (Å²) in [5.74, 6) is -0.671. The number of benzene rings is 1. The van der Waals surface area contributed by atoms with E-state index in [2.05, 4.69) is 13.0 Å². The van der Waals surface area contributed by atoms with Crippen LogP contribution in [0.5, 0.6) is 11.5 Å². The van der Waals surface area contributed by atoms with Crippen LogP contribution in [0.15, 0.2) is 17.7 Å². The number of rotatable bonds is 4. The van der Waals surface area contributed by atoms with Crippen LogP contribution in [0.2, 0.25) is 0 Å².